The van der Waals surface area contributed by atoms with Crippen LogP contribution in [0.4, 0.5) is 4.39 Å². The van der Waals surface area contributed by atoms with Gasteiger partial charge in [-0.3, -0.25) is 4.79 Å². The van der Waals surface area contributed by atoms with E-state index in [1.807, 2.05) is 20.8 Å². The zero-order chi connectivity index (χ0) is 17.0. The van der Waals surface area contributed by atoms with E-state index >= 15 is 0 Å². The number of hydrogen-bond acceptors (Lipinski definition) is 3. The molecule has 0 saturated heterocycles. The number of nitrogens with zero attached hydrogens (tertiary/aromatic N) is 2. The molecule has 1 amide bonds. The Bertz CT molecular complexity index is 670. The van der Waals surface area contributed by atoms with Crippen molar-refractivity contribution in [2.45, 2.75) is 26.7 Å². The summed E-state index contributed by atoms with van der Waals surface area (Å²) in [6, 6.07) is 6.05. The second-order valence-electron chi connectivity index (χ2n) is 6.04. The van der Waals surface area contributed by atoms with E-state index in [9.17, 15) is 9.18 Å². The molecule has 132 valence electrons. The Balaban J connectivity index is 0.00000288. The molecule has 1 aromatic heterocycles. The minimum atomic E-state index is -0.305. The Kier molecular flexibility index (Phi) is 7.38. The zero-order valence-electron chi connectivity index (χ0n) is 14.1. The van der Waals surface area contributed by atoms with Crippen LogP contribution in [0, 0.1) is 11.7 Å². The van der Waals surface area contributed by atoms with Gasteiger partial charge in [-0.15, -0.1) is 12.4 Å². The van der Waals surface area contributed by atoms with Crippen LogP contribution in [0.25, 0.3) is 5.69 Å². The lowest BCUT2D eigenvalue weighted by atomic mass is 10.0. The van der Waals surface area contributed by atoms with Gasteiger partial charge in [-0.2, -0.15) is 5.10 Å². The van der Waals surface area contributed by atoms with E-state index in [1.54, 1.807) is 23.0 Å². The first kappa shape index (κ1) is 20.1. The fraction of sp³-hybridized carbons (Fsp3) is 0.412. The maximum atomic E-state index is 13.1. The van der Waals surface area contributed by atoms with E-state index in [0.717, 1.165) is 11.4 Å². The van der Waals surface area contributed by atoms with Crippen LogP contribution >= 0.6 is 12.4 Å². The van der Waals surface area contributed by atoms with Crippen molar-refractivity contribution in [1.29, 1.82) is 0 Å². The number of carbonyl (C=O) groups excluding carboxylic acids is 1. The number of halogens is 2. The second kappa shape index (κ2) is 8.80. The molecular weight excluding hydrogens is 331 g/mol. The highest BCUT2D eigenvalue weighted by molar-refractivity contribution is 5.95. The van der Waals surface area contributed by atoms with Crippen LogP contribution in [0.15, 0.2) is 30.5 Å². The molecule has 1 heterocycles. The maximum absolute atomic E-state index is 13.1. The maximum Gasteiger partial charge on any atom is 0.254 e. The Labute approximate surface area is 147 Å². The normalized spacial score (nSPS) is 11.9. The Morgan fingerprint density at radius 1 is 1.29 bits per heavy atom. The van der Waals surface area contributed by atoms with Gasteiger partial charge in [0.15, 0.2) is 0 Å². The van der Waals surface area contributed by atoms with Gasteiger partial charge in [-0.25, -0.2) is 9.07 Å². The van der Waals surface area contributed by atoms with Gasteiger partial charge in [0, 0.05) is 6.54 Å². The molecule has 0 aliphatic carbocycles. The summed E-state index contributed by atoms with van der Waals surface area (Å²) in [6.45, 7) is 7.01. The molecule has 5 nitrogen and oxygen atoms in total. The molecular formula is C17H24ClFN4O. The molecule has 1 unspecified atom stereocenters. The van der Waals surface area contributed by atoms with Crippen LogP contribution in [0.3, 0.4) is 0 Å². The highest BCUT2D eigenvalue weighted by Crippen LogP contribution is 2.23. The van der Waals surface area contributed by atoms with Crippen LogP contribution in [0.1, 0.15) is 42.7 Å². The van der Waals surface area contributed by atoms with Crippen LogP contribution < -0.4 is 11.1 Å². The van der Waals surface area contributed by atoms with Crippen molar-refractivity contribution in [2.24, 2.45) is 11.7 Å². The monoisotopic (exact) mass is 354 g/mol. The van der Waals surface area contributed by atoms with Gasteiger partial charge >= 0.3 is 0 Å². The van der Waals surface area contributed by atoms with Crippen LogP contribution in [0.5, 0.6) is 0 Å². The highest BCUT2D eigenvalue weighted by Gasteiger charge is 2.21. The molecule has 2 rings (SSSR count). The predicted octanol–water partition coefficient (Wildman–Crippen LogP) is 2.88. The second-order valence-corrected chi connectivity index (χ2v) is 6.04. The lowest BCUT2D eigenvalue weighted by Crippen LogP contribution is -2.31. The van der Waals surface area contributed by atoms with E-state index in [0.29, 0.717) is 18.7 Å². The van der Waals surface area contributed by atoms with Crippen LogP contribution in [-0.2, 0) is 0 Å². The van der Waals surface area contributed by atoms with Crippen molar-refractivity contribution in [3.63, 3.8) is 0 Å². The van der Waals surface area contributed by atoms with Crippen molar-refractivity contribution in [1.82, 2.24) is 15.1 Å². The molecule has 0 aliphatic heterocycles. The van der Waals surface area contributed by atoms with Crippen LogP contribution in [0.2, 0.25) is 0 Å². The minimum absolute atomic E-state index is 0. The molecule has 0 radical (unpaired) electrons. The summed E-state index contributed by atoms with van der Waals surface area (Å²) in [5.74, 6) is -0.160. The van der Waals surface area contributed by atoms with Gasteiger partial charge in [-0.05, 0) is 42.6 Å². The van der Waals surface area contributed by atoms with Crippen molar-refractivity contribution in [3.8, 4) is 5.69 Å². The lowest BCUT2D eigenvalue weighted by Gasteiger charge is -2.14. The molecule has 7 heteroatoms. The number of amides is 1. The first-order valence-corrected chi connectivity index (χ1v) is 7.76. The van der Waals surface area contributed by atoms with Crippen LogP contribution in [-0.4, -0.2) is 28.8 Å². The van der Waals surface area contributed by atoms with Gasteiger partial charge in [-0.1, -0.05) is 20.8 Å². The number of carbonyl (C=O) groups is 1. The number of rotatable bonds is 6. The molecule has 0 aliphatic rings. The van der Waals surface area contributed by atoms with Crippen molar-refractivity contribution in [3.05, 3.63) is 47.5 Å². The summed E-state index contributed by atoms with van der Waals surface area (Å²) in [4.78, 5) is 12.4. The average molecular weight is 355 g/mol. The van der Waals surface area contributed by atoms with E-state index in [2.05, 4.69) is 10.4 Å². The summed E-state index contributed by atoms with van der Waals surface area (Å²) in [5, 5.41) is 7.20. The van der Waals surface area contributed by atoms with E-state index in [-0.39, 0.29) is 36.0 Å². The summed E-state index contributed by atoms with van der Waals surface area (Å²) in [7, 11) is 0. The Morgan fingerprint density at radius 3 is 2.46 bits per heavy atom. The summed E-state index contributed by atoms with van der Waals surface area (Å²) in [5.41, 5.74) is 7.63. The predicted molar refractivity (Wildman–Crippen MR) is 95.4 cm³/mol. The van der Waals surface area contributed by atoms with E-state index < -0.39 is 0 Å². The van der Waals surface area contributed by atoms with Crippen molar-refractivity contribution >= 4 is 18.3 Å². The summed E-state index contributed by atoms with van der Waals surface area (Å²) < 4.78 is 14.8. The smallest absolute Gasteiger partial charge is 0.254 e. The number of nitrogens with two attached hydrogens (primary N) is 1. The van der Waals surface area contributed by atoms with E-state index in [1.165, 1.54) is 12.1 Å². The third-order valence-corrected chi connectivity index (χ3v) is 3.68. The van der Waals surface area contributed by atoms with Gasteiger partial charge < -0.3 is 11.1 Å². The van der Waals surface area contributed by atoms with Gasteiger partial charge in [0.05, 0.1) is 23.1 Å². The summed E-state index contributed by atoms with van der Waals surface area (Å²) >= 11 is 0. The number of hydrogen-bond donors (Lipinski definition) is 2. The first-order chi connectivity index (χ1) is 10.9. The number of aromatic nitrogens is 2. The summed E-state index contributed by atoms with van der Waals surface area (Å²) in [6.07, 6.45) is 1.56. The molecule has 0 saturated carbocycles. The average Bonchev–Trinajstić information content (AvgIpc) is 2.98. The minimum Gasteiger partial charge on any atom is -0.352 e. The van der Waals surface area contributed by atoms with Gasteiger partial charge in [0.25, 0.3) is 5.91 Å². The van der Waals surface area contributed by atoms with Crippen molar-refractivity contribution < 1.29 is 9.18 Å². The third-order valence-electron chi connectivity index (χ3n) is 3.68. The SMILES string of the molecule is CC(CN)CNC(=O)c1cnn(-c2ccc(F)cc2)c1C(C)C.Cl. The quantitative estimate of drug-likeness (QED) is 0.837. The molecule has 2 aromatic rings. The van der Waals surface area contributed by atoms with Gasteiger partial charge in [0.2, 0.25) is 0 Å². The standard InChI is InChI=1S/C17H23FN4O.ClH/c1-11(2)16-15(17(23)20-9-12(3)8-19)10-21-22(16)14-6-4-13(18)5-7-14;/h4-7,10-12H,8-9,19H2,1-3H3,(H,20,23);1H. The molecule has 0 fully saturated rings. The van der Waals surface area contributed by atoms with E-state index in [4.69, 9.17) is 5.73 Å². The third kappa shape index (κ3) is 4.55. The molecule has 0 spiro atoms. The Hall–Kier alpha value is -1.92. The number of benzene rings is 1. The number of nitrogens with one attached hydrogen (secondary N) is 1. The Morgan fingerprint density at radius 2 is 1.92 bits per heavy atom. The molecule has 0 bridgehead atoms. The highest BCUT2D eigenvalue weighted by atomic mass is 35.5. The molecule has 1 aromatic carbocycles. The van der Waals surface area contributed by atoms with Crippen molar-refractivity contribution in [2.75, 3.05) is 13.1 Å². The topological polar surface area (TPSA) is 72.9 Å². The fourth-order valence-electron chi connectivity index (χ4n) is 2.32. The molecule has 24 heavy (non-hydrogen) atoms. The first-order valence-electron chi connectivity index (χ1n) is 7.76. The molecule has 1 atom stereocenters. The fourth-order valence-corrected chi connectivity index (χ4v) is 2.32. The largest absolute Gasteiger partial charge is 0.352 e. The lowest BCUT2D eigenvalue weighted by molar-refractivity contribution is 0.0947. The van der Waals surface area contributed by atoms with Gasteiger partial charge in [0.1, 0.15) is 5.82 Å². The molecule has 3 N–H and O–H groups in total. The zero-order valence-corrected chi connectivity index (χ0v) is 14.9.